The Morgan fingerprint density at radius 3 is 2.37 bits per heavy atom. The Labute approximate surface area is 182 Å². The first kappa shape index (κ1) is 23.8. The van der Waals surface area contributed by atoms with E-state index >= 15 is 0 Å². The van der Waals surface area contributed by atoms with Gasteiger partial charge in [0, 0.05) is 25.6 Å². The third kappa shape index (κ3) is 4.96. The van der Waals surface area contributed by atoms with E-state index in [2.05, 4.69) is 15.5 Å². The highest BCUT2D eigenvalue weighted by molar-refractivity contribution is 6.07. The van der Waals surface area contributed by atoms with Crippen molar-refractivity contribution in [2.24, 2.45) is 0 Å². The number of ether oxygens (including phenoxy) is 2. The number of hydrogen-bond donors (Lipinski definition) is 3. The standard InChI is InChI=1S/C20H28N4O5.ClH/c1-28-16-12-17(29-2)14(21)11-13(16)15(25)5-3-4-8-24-9-6-20(7-10-24)18(26)22-19(27)23-20;/h11-12H,3-10,21H2,1-2H3,(H2,22,23,26,27);1H. The molecule has 2 fully saturated rings. The molecule has 9 nitrogen and oxygen atoms in total. The van der Waals surface area contributed by atoms with Crippen molar-refractivity contribution >= 4 is 35.8 Å². The molecule has 0 atom stereocenters. The maximum atomic E-state index is 12.6. The second kappa shape index (κ2) is 9.99. The van der Waals surface area contributed by atoms with Crippen LogP contribution in [0.25, 0.3) is 0 Å². The molecule has 0 aromatic heterocycles. The summed E-state index contributed by atoms with van der Waals surface area (Å²) >= 11 is 0. The van der Waals surface area contributed by atoms with Crippen molar-refractivity contribution in [2.45, 2.75) is 37.6 Å². The molecule has 166 valence electrons. The Bertz CT molecular complexity index is 809. The molecule has 2 aliphatic heterocycles. The van der Waals surface area contributed by atoms with E-state index in [4.69, 9.17) is 15.2 Å². The van der Waals surface area contributed by atoms with Crippen LogP contribution >= 0.6 is 12.4 Å². The molecule has 3 rings (SSSR count). The van der Waals surface area contributed by atoms with E-state index in [9.17, 15) is 14.4 Å². The second-order valence-corrected chi connectivity index (χ2v) is 7.51. The summed E-state index contributed by atoms with van der Waals surface area (Å²) in [5, 5.41) is 5.08. The number of nitrogens with one attached hydrogen (secondary N) is 2. The zero-order valence-corrected chi connectivity index (χ0v) is 18.1. The van der Waals surface area contributed by atoms with Crippen molar-refractivity contribution in [2.75, 3.05) is 39.6 Å². The molecule has 0 aliphatic carbocycles. The maximum absolute atomic E-state index is 12.6. The van der Waals surface area contributed by atoms with E-state index in [0.717, 1.165) is 32.5 Å². The van der Waals surface area contributed by atoms with Gasteiger partial charge in [-0.3, -0.25) is 14.9 Å². The smallest absolute Gasteiger partial charge is 0.322 e. The third-order valence-corrected chi connectivity index (χ3v) is 5.70. The van der Waals surface area contributed by atoms with Crippen LogP contribution in [0.3, 0.4) is 0 Å². The van der Waals surface area contributed by atoms with E-state index in [1.165, 1.54) is 14.2 Å². The number of methoxy groups -OCH3 is 2. The average Bonchev–Trinajstić information content (AvgIpc) is 2.98. The number of nitrogen functional groups attached to an aromatic ring is 1. The minimum Gasteiger partial charge on any atom is -0.496 e. The Kier molecular flexibility index (Phi) is 7.91. The van der Waals surface area contributed by atoms with Gasteiger partial charge in [0.25, 0.3) is 5.91 Å². The molecule has 30 heavy (non-hydrogen) atoms. The largest absolute Gasteiger partial charge is 0.496 e. The number of Topliss-reactive ketones (excluding diaryl/α,β-unsaturated/α-hetero) is 1. The number of ketones is 1. The summed E-state index contributed by atoms with van der Waals surface area (Å²) in [6.07, 6.45) is 3.22. The van der Waals surface area contributed by atoms with Crippen LogP contribution in [0.5, 0.6) is 11.5 Å². The molecular formula is C20H29ClN4O5. The first-order valence-electron chi connectivity index (χ1n) is 9.79. The van der Waals surface area contributed by atoms with Gasteiger partial charge in [0.2, 0.25) is 0 Å². The van der Waals surface area contributed by atoms with Crippen LogP contribution in [0, 0.1) is 0 Å². The molecule has 4 N–H and O–H groups in total. The number of amides is 3. The molecule has 0 saturated carbocycles. The molecule has 2 saturated heterocycles. The highest BCUT2D eigenvalue weighted by Crippen LogP contribution is 2.32. The Hall–Kier alpha value is -2.52. The maximum Gasteiger partial charge on any atom is 0.322 e. The van der Waals surface area contributed by atoms with Crippen LogP contribution in [-0.4, -0.2) is 62.0 Å². The SMILES string of the molecule is COc1cc(OC)c(C(=O)CCCCN2CCC3(CC2)NC(=O)NC3=O)cc1N.Cl. The number of piperidine rings is 1. The summed E-state index contributed by atoms with van der Waals surface area (Å²) in [5.41, 5.74) is 6.05. The molecule has 0 bridgehead atoms. The fourth-order valence-electron chi connectivity index (χ4n) is 3.94. The van der Waals surface area contributed by atoms with Crippen molar-refractivity contribution in [3.05, 3.63) is 17.7 Å². The number of halogens is 1. The lowest BCUT2D eigenvalue weighted by molar-refractivity contribution is -0.125. The molecule has 0 radical (unpaired) electrons. The number of benzene rings is 1. The van der Waals surface area contributed by atoms with Crippen LogP contribution in [-0.2, 0) is 4.79 Å². The highest BCUT2D eigenvalue weighted by Gasteiger charge is 2.47. The van der Waals surface area contributed by atoms with Gasteiger partial charge in [0.1, 0.15) is 17.0 Å². The topological polar surface area (TPSA) is 123 Å². The van der Waals surface area contributed by atoms with E-state index in [-0.39, 0.29) is 24.1 Å². The Balaban J connectivity index is 0.00000320. The predicted molar refractivity (Wildman–Crippen MR) is 114 cm³/mol. The lowest BCUT2D eigenvalue weighted by Crippen LogP contribution is -2.54. The number of carbonyl (C=O) groups excluding carboxylic acids is 3. The number of rotatable bonds is 8. The molecule has 2 aliphatic rings. The third-order valence-electron chi connectivity index (χ3n) is 5.70. The van der Waals surface area contributed by atoms with Crippen molar-refractivity contribution in [1.82, 2.24) is 15.5 Å². The van der Waals surface area contributed by atoms with Crippen molar-refractivity contribution in [3.8, 4) is 11.5 Å². The molecule has 1 aromatic carbocycles. The van der Waals surface area contributed by atoms with Gasteiger partial charge < -0.3 is 25.4 Å². The minimum atomic E-state index is -0.742. The van der Waals surface area contributed by atoms with Gasteiger partial charge in [-0.1, -0.05) is 0 Å². The van der Waals surface area contributed by atoms with Gasteiger partial charge in [-0.25, -0.2) is 4.79 Å². The first-order valence-corrected chi connectivity index (χ1v) is 9.79. The van der Waals surface area contributed by atoms with E-state index < -0.39 is 11.6 Å². The summed E-state index contributed by atoms with van der Waals surface area (Å²) in [6, 6.07) is 2.83. The van der Waals surface area contributed by atoms with E-state index in [0.29, 0.717) is 42.0 Å². The lowest BCUT2D eigenvalue weighted by atomic mass is 9.87. The highest BCUT2D eigenvalue weighted by atomic mass is 35.5. The zero-order valence-electron chi connectivity index (χ0n) is 17.3. The Morgan fingerprint density at radius 2 is 1.80 bits per heavy atom. The number of imide groups is 1. The molecule has 10 heteroatoms. The number of hydrogen-bond acceptors (Lipinski definition) is 7. The molecular weight excluding hydrogens is 412 g/mol. The van der Waals surface area contributed by atoms with Crippen molar-refractivity contribution < 1.29 is 23.9 Å². The minimum absolute atomic E-state index is 0. The van der Waals surface area contributed by atoms with Crippen LogP contribution < -0.4 is 25.8 Å². The van der Waals surface area contributed by atoms with Crippen LogP contribution in [0.1, 0.15) is 42.5 Å². The molecule has 3 amide bonds. The van der Waals surface area contributed by atoms with Crippen molar-refractivity contribution in [3.63, 3.8) is 0 Å². The van der Waals surface area contributed by atoms with Crippen LogP contribution in [0.2, 0.25) is 0 Å². The van der Waals surface area contributed by atoms with Gasteiger partial charge in [-0.15, -0.1) is 12.4 Å². The predicted octanol–water partition coefficient (Wildman–Crippen LogP) is 1.73. The summed E-state index contributed by atoms with van der Waals surface area (Å²) in [5.74, 6) is 0.701. The average molecular weight is 441 g/mol. The second-order valence-electron chi connectivity index (χ2n) is 7.51. The van der Waals surface area contributed by atoms with E-state index in [1.807, 2.05) is 0 Å². The van der Waals surface area contributed by atoms with Crippen LogP contribution in [0.4, 0.5) is 10.5 Å². The normalized spacial score (nSPS) is 17.8. The summed E-state index contributed by atoms with van der Waals surface area (Å²) < 4.78 is 10.5. The zero-order chi connectivity index (χ0) is 21.0. The van der Waals surface area contributed by atoms with Gasteiger partial charge >= 0.3 is 6.03 Å². The van der Waals surface area contributed by atoms with Crippen LogP contribution in [0.15, 0.2) is 12.1 Å². The molecule has 2 heterocycles. The monoisotopic (exact) mass is 440 g/mol. The number of anilines is 1. The fraction of sp³-hybridized carbons (Fsp3) is 0.550. The Morgan fingerprint density at radius 1 is 1.13 bits per heavy atom. The van der Waals surface area contributed by atoms with Crippen molar-refractivity contribution in [1.29, 1.82) is 0 Å². The van der Waals surface area contributed by atoms with Gasteiger partial charge in [-0.05, 0) is 38.3 Å². The fourth-order valence-corrected chi connectivity index (χ4v) is 3.94. The summed E-state index contributed by atoms with van der Waals surface area (Å²) in [4.78, 5) is 38.2. The lowest BCUT2D eigenvalue weighted by Gasteiger charge is -2.36. The summed E-state index contributed by atoms with van der Waals surface area (Å²) in [6.45, 7) is 2.33. The summed E-state index contributed by atoms with van der Waals surface area (Å²) in [7, 11) is 3.03. The number of nitrogens with zero attached hydrogens (tertiary/aromatic N) is 1. The van der Waals surface area contributed by atoms with Gasteiger partial charge in [0.15, 0.2) is 5.78 Å². The first-order chi connectivity index (χ1) is 13.9. The molecule has 0 unspecified atom stereocenters. The number of unbranched alkanes of at least 4 members (excludes halogenated alkanes) is 1. The molecule has 1 spiro atoms. The number of carbonyl (C=O) groups is 3. The van der Waals surface area contributed by atoms with Gasteiger partial charge in [-0.2, -0.15) is 0 Å². The van der Waals surface area contributed by atoms with E-state index in [1.54, 1.807) is 12.1 Å². The van der Waals surface area contributed by atoms with Gasteiger partial charge in [0.05, 0.1) is 25.5 Å². The number of urea groups is 1. The number of likely N-dealkylation sites (tertiary alicyclic amines) is 1. The quantitative estimate of drug-likeness (QED) is 0.243. The molecule has 1 aromatic rings. The number of nitrogens with two attached hydrogens (primary N) is 1.